The second-order valence-corrected chi connectivity index (χ2v) is 8.22. The van der Waals surface area contributed by atoms with E-state index >= 15 is 0 Å². The lowest BCUT2D eigenvalue weighted by atomic mass is 9.91. The van der Waals surface area contributed by atoms with E-state index in [9.17, 15) is 0 Å². The summed E-state index contributed by atoms with van der Waals surface area (Å²) in [6, 6.07) is 4.22. The summed E-state index contributed by atoms with van der Waals surface area (Å²) in [4.78, 5) is 2.49. The molecular formula is C17H29NO2. The average Bonchev–Trinajstić information content (AvgIpc) is 2.71. The summed E-state index contributed by atoms with van der Waals surface area (Å²) in [7, 11) is 0. The molecule has 1 aromatic rings. The van der Waals surface area contributed by atoms with Gasteiger partial charge in [-0.25, -0.2) is 0 Å². The van der Waals surface area contributed by atoms with E-state index in [0.29, 0.717) is 0 Å². The van der Waals surface area contributed by atoms with Crippen molar-refractivity contribution in [1.29, 1.82) is 0 Å². The minimum Gasteiger partial charge on any atom is -0.464 e. The number of furan rings is 1. The Hall–Kier alpha value is -0.800. The Labute approximate surface area is 123 Å². The Morgan fingerprint density at radius 3 is 2.05 bits per heavy atom. The molecule has 1 fully saturated rings. The molecular weight excluding hydrogens is 250 g/mol. The van der Waals surface area contributed by atoms with Gasteiger partial charge in [-0.1, -0.05) is 20.8 Å². The van der Waals surface area contributed by atoms with Gasteiger partial charge in [-0.3, -0.25) is 4.90 Å². The minimum absolute atomic E-state index is 0.0242. The minimum atomic E-state index is 0.0242. The molecule has 20 heavy (non-hydrogen) atoms. The zero-order valence-corrected chi connectivity index (χ0v) is 14.0. The summed E-state index contributed by atoms with van der Waals surface area (Å²) in [6.07, 6.45) is 0. The number of hydrogen-bond donors (Lipinski definition) is 0. The summed E-state index contributed by atoms with van der Waals surface area (Å²) in [5.41, 5.74) is 0.112. The average molecular weight is 279 g/mol. The van der Waals surface area contributed by atoms with E-state index in [-0.39, 0.29) is 16.5 Å². The molecule has 0 aromatic carbocycles. The van der Waals surface area contributed by atoms with Gasteiger partial charge in [0.15, 0.2) is 0 Å². The lowest BCUT2D eigenvalue weighted by molar-refractivity contribution is -0.133. The van der Waals surface area contributed by atoms with Crippen molar-refractivity contribution in [2.75, 3.05) is 13.2 Å². The van der Waals surface area contributed by atoms with Crippen molar-refractivity contribution in [3.63, 3.8) is 0 Å². The van der Waals surface area contributed by atoms with Crippen LogP contribution < -0.4 is 0 Å². The molecule has 0 radical (unpaired) electrons. The molecule has 2 heterocycles. The van der Waals surface area contributed by atoms with E-state index in [1.807, 2.05) is 0 Å². The van der Waals surface area contributed by atoms with Gasteiger partial charge in [0.05, 0.1) is 19.8 Å². The number of ether oxygens (including phenoxy) is 1. The predicted molar refractivity (Wildman–Crippen MR) is 81.9 cm³/mol. The van der Waals surface area contributed by atoms with E-state index in [1.54, 1.807) is 0 Å². The monoisotopic (exact) mass is 279 g/mol. The summed E-state index contributed by atoms with van der Waals surface area (Å²) in [6.45, 7) is 17.9. The van der Waals surface area contributed by atoms with Gasteiger partial charge in [0.25, 0.3) is 0 Å². The number of hydrogen-bond acceptors (Lipinski definition) is 3. The van der Waals surface area contributed by atoms with Crippen LogP contribution in [0.1, 0.15) is 60.0 Å². The first-order valence-corrected chi connectivity index (χ1v) is 7.47. The number of nitrogens with zero attached hydrogens (tertiary/aromatic N) is 1. The Kier molecular flexibility index (Phi) is 3.81. The van der Waals surface area contributed by atoms with E-state index in [2.05, 4.69) is 65.5 Å². The van der Waals surface area contributed by atoms with Crippen molar-refractivity contribution >= 4 is 0 Å². The van der Waals surface area contributed by atoms with Gasteiger partial charge in [-0.15, -0.1) is 0 Å². The van der Waals surface area contributed by atoms with Crippen LogP contribution in [0, 0.1) is 0 Å². The maximum atomic E-state index is 6.05. The molecule has 3 nitrogen and oxygen atoms in total. The van der Waals surface area contributed by atoms with Crippen molar-refractivity contribution < 1.29 is 9.15 Å². The van der Waals surface area contributed by atoms with Crippen LogP contribution in [0.3, 0.4) is 0 Å². The van der Waals surface area contributed by atoms with Crippen LogP contribution in [0.15, 0.2) is 16.5 Å². The van der Waals surface area contributed by atoms with Gasteiger partial charge in [0.2, 0.25) is 0 Å². The van der Waals surface area contributed by atoms with Gasteiger partial charge in [0.1, 0.15) is 11.5 Å². The zero-order valence-electron chi connectivity index (χ0n) is 14.0. The third kappa shape index (κ3) is 3.09. The van der Waals surface area contributed by atoms with Crippen LogP contribution in [0.4, 0.5) is 0 Å². The van der Waals surface area contributed by atoms with Crippen molar-refractivity contribution in [1.82, 2.24) is 4.90 Å². The molecule has 1 aliphatic heterocycles. The molecule has 114 valence electrons. The van der Waals surface area contributed by atoms with Gasteiger partial charge in [-0.05, 0) is 39.8 Å². The molecule has 0 spiro atoms. The second kappa shape index (κ2) is 4.88. The largest absolute Gasteiger partial charge is 0.464 e. The normalized spacial score (nSPS) is 22.9. The van der Waals surface area contributed by atoms with E-state index in [4.69, 9.17) is 9.15 Å². The third-order valence-electron chi connectivity index (χ3n) is 4.09. The van der Waals surface area contributed by atoms with Crippen molar-refractivity contribution in [3.8, 4) is 0 Å². The smallest absolute Gasteiger partial charge is 0.118 e. The van der Waals surface area contributed by atoms with Crippen LogP contribution in [-0.2, 0) is 16.7 Å². The number of morpholine rings is 1. The molecule has 0 atom stereocenters. The Morgan fingerprint density at radius 1 is 1.05 bits per heavy atom. The first-order valence-electron chi connectivity index (χ1n) is 7.47. The highest BCUT2D eigenvalue weighted by Gasteiger charge is 2.42. The predicted octanol–water partition coefficient (Wildman–Crippen LogP) is 3.97. The summed E-state index contributed by atoms with van der Waals surface area (Å²) in [5.74, 6) is 2.09. The summed E-state index contributed by atoms with van der Waals surface area (Å²) >= 11 is 0. The fourth-order valence-corrected chi connectivity index (χ4v) is 2.98. The van der Waals surface area contributed by atoms with Crippen LogP contribution in [-0.4, -0.2) is 29.2 Å². The van der Waals surface area contributed by atoms with E-state index in [0.717, 1.165) is 31.3 Å². The van der Waals surface area contributed by atoms with Gasteiger partial charge < -0.3 is 9.15 Å². The molecule has 1 aliphatic rings. The van der Waals surface area contributed by atoms with Gasteiger partial charge in [0, 0.05) is 16.5 Å². The highest BCUT2D eigenvalue weighted by atomic mass is 16.5. The molecule has 3 heteroatoms. The van der Waals surface area contributed by atoms with Crippen molar-refractivity contribution in [3.05, 3.63) is 23.7 Å². The molecule has 0 bridgehead atoms. The van der Waals surface area contributed by atoms with Crippen molar-refractivity contribution in [2.45, 2.75) is 71.5 Å². The molecule has 0 N–H and O–H groups in total. The number of rotatable bonds is 2. The Morgan fingerprint density at radius 2 is 1.60 bits per heavy atom. The lowest BCUT2D eigenvalue weighted by Crippen LogP contribution is -2.62. The maximum Gasteiger partial charge on any atom is 0.118 e. The topological polar surface area (TPSA) is 25.6 Å². The van der Waals surface area contributed by atoms with Gasteiger partial charge >= 0.3 is 0 Å². The van der Waals surface area contributed by atoms with Crippen LogP contribution in [0.25, 0.3) is 0 Å². The lowest BCUT2D eigenvalue weighted by Gasteiger charge is -2.52. The van der Waals surface area contributed by atoms with Crippen molar-refractivity contribution in [2.24, 2.45) is 0 Å². The van der Waals surface area contributed by atoms with Crippen LogP contribution in [0.5, 0.6) is 0 Å². The highest BCUT2D eigenvalue weighted by molar-refractivity contribution is 5.15. The standard InChI is InChI=1S/C17H29NO2/c1-15(2,3)14-9-8-13(20-14)10-18-16(4,5)11-19-12-17(18,6)7/h8-9H,10-12H2,1-7H3. The molecule has 0 amide bonds. The third-order valence-corrected chi connectivity index (χ3v) is 4.09. The highest BCUT2D eigenvalue weighted by Crippen LogP contribution is 2.33. The summed E-state index contributed by atoms with van der Waals surface area (Å²) in [5, 5.41) is 0. The Balaban J connectivity index is 2.21. The quantitative estimate of drug-likeness (QED) is 0.819. The molecule has 1 aromatic heterocycles. The first kappa shape index (κ1) is 15.6. The molecule has 0 saturated carbocycles. The van der Waals surface area contributed by atoms with Crippen LogP contribution in [0.2, 0.25) is 0 Å². The second-order valence-electron chi connectivity index (χ2n) is 8.22. The first-order chi connectivity index (χ1) is 9.02. The molecule has 0 unspecified atom stereocenters. The van der Waals surface area contributed by atoms with Gasteiger partial charge in [-0.2, -0.15) is 0 Å². The summed E-state index contributed by atoms with van der Waals surface area (Å²) < 4.78 is 11.8. The van der Waals surface area contributed by atoms with E-state index < -0.39 is 0 Å². The zero-order chi connectivity index (χ0) is 15.2. The Bertz CT molecular complexity index is 450. The molecule has 2 rings (SSSR count). The molecule has 0 aliphatic carbocycles. The van der Waals surface area contributed by atoms with E-state index in [1.165, 1.54) is 0 Å². The fraction of sp³-hybridized carbons (Fsp3) is 0.765. The fourth-order valence-electron chi connectivity index (χ4n) is 2.98. The SMILES string of the molecule is CC(C)(C)c1ccc(CN2C(C)(C)COCC2(C)C)o1. The molecule has 1 saturated heterocycles. The van der Waals surface area contributed by atoms with Crippen LogP contribution >= 0.6 is 0 Å². The maximum absolute atomic E-state index is 6.05.